The normalized spacial score (nSPS) is 8.50. The van der Waals surface area contributed by atoms with Crippen LogP contribution >= 0.6 is 0 Å². The van der Waals surface area contributed by atoms with Crippen LogP contribution in [0.25, 0.3) is 0 Å². The number of pyridine rings is 1. The molecule has 0 unspecified atom stereocenters. The molecule has 0 saturated carbocycles. The molecule has 0 amide bonds. The monoisotopic (exact) mass is 187 g/mol. The lowest BCUT2D eigenvalue weighted by Crippen LogP contribution is -3.00. The van der Waals surface area contributed by atoms with Crippen LogP contribution in [0.3, 0.4) is 0 Å². The number of hydrogen-bond donors (Lipinski definition) is 0. The van der Waals surface area contributed by atoms with Gasteiger partial charge in [-0.3, -0.25) is 0 Å². The van der Waals surface area contributed by atoms with Crippen molar-refractivity contribution >= 4 is 5.97 Å². The molecule has 0 aliphatic rings. The summed E-state index contributed by atoms with van der Waals surface area (Å²) >= 11 is 0. The molecule has 66 valence electrons. The minimum absolute atomic E-state index is 0. The molecular weight excluding hydrogens is 178 g/mol. The van der Waals surface area contributed by atoms with E-state index in [1.54, 1.807) is 12.4 Å². The quantitative estimate of drug-likeness (QED) is 0.460. The lowest BCUT2D eigenvalue weighted by molar-refractivity contribution is -0.378. The van der Waals surface area contributed by atoms with Crippen molar-refractivity contribution in [2.75, 3.05) is 7.11 Å². The second-order valence-corrected chi connectivity index (χ2v) is 2.23. The summed E-state index contributed by atoms with van der Waals surface area (Å²) in [7, 11) is 1.37. The Balaban J connectivity index is 0.00000121. The fourth-order valence-electron chi connectivity index (χ4n) is 0.838. The van der Waals surface area contributed by atoms with E-state index in [1.165, 1.54) is 7.11 Å². The molecular formula is C8H10ClNO2. The van der Waals surface area contributed by atoms with E-state index in [-0.39, 0.29) is 18.4 Å². The number of carbonyl (C=O) groups is 1. The first-order valence-electron chi connectivity index (χ1n) is 3.30. The van der Waals surface area contributed by atoms with Crippen LogP contribution in [0.5, 0.6) is 0 Å². The van der Waals surface area contributed by atoms with Gasteiger partial charge < -0.3 is 17.1 Å². The Morgan fingerprint density at radius 2 is 2.25 bits per heavy atom. The Kier molecular flexibility index (Phi) is 4.29. The third-order valence-corrected chi connectivity index (χ3v) is 1.49. The SMILES string of the molecule is COC(=O)c1c[nH+]ccc1C.[Cl-]. The summed E-state index contributed by atoms with van der Waals surface area (Å²) in [5.74, 6) is -0.306. The van der Waals surface area contributed by atoms with E-state index in [2.05, 4.69) is 9.72 Å². The standard InChI is InChI=1S/C8H9NO2.ClH/c1-6-3-4-9-5-7(6)8(10)11-2;/h3-5H,1-2H3;1H. The number of hydrogen-bond acceptors (Lipinski definition) is 2. The van der Waals surface area contributed by atoms with Crippen molar-refractivity contribution in [3.05, 3.63) is 29.6 Å². The highest BCUT2D eigenvalue weighted by molar-refractivity contribution is 5.90. The van der Waals surface area contributed by atoms with Crippen LogP contribution in [0.4, 0.5) is 0 Å². The van der Waals surface area contributed by atoms with Gasteiger partial charge in [0.25, 0.3) is 0 Å². The highest BCUT2D eigenvalue weighted by Crippen LogP contribution is 2.03. The van der Waals surface area contributed by atoms with Crippen LogP contribution in [0.1, 0.15) is 15.9 Å². The van der Waals surface area contributed by atoms with Crippen molar-refractivity contribution in [1.82, 2.24) is 0 Å². The Labute approximate surface area is 77.2 Å². The maximum atomic E-state index is 11.0. The number of methoxy groups -OCH3 is 1. The molecule has 0 spiro atoms. The highest BCUT2D eigenvalue weighted by atomic mass is 35.5. The highest BCUT2D eigenvalue weighted by Gasteiger charge is 2.10. The van der Waals surface area contributed by atoms with Crippen molar-refractivity contribution < 1.29 is 26.9 Å². The molecule has 0 aliphatic carbocycles. The summed E-state index contributed by atoms with van der Waals surface area (Å²) in [5.41, 5.74) is 1.49. The summed E-state index contributed by atoms with van der Waals surface area (Å²) in [6.45, 7) is 1.86. The van der Waals surface area contributed by atoms with Gasteiger partial charge in [0.05, 0.1) is 7.11 Å². The Hall–Kier alpha value is -1.09. The van der Waals surface area contributed by atoms with Crippen molar-refractivity contribution in [2.45, 2.75) is 6.92 Å². The van der Waals surface area contributed by atoms with Gasteiger partial charge in [0, 0.05) is 6.07 Å². The zero-order valence-electron chi connectivity index (χ0n) is 6.93. The maximum absolute atomic E-state index is 11.0. The molecule has 0 bridgehead atoms. The fourth-order valence-corrected chi connectivity index (χ4v) is 0.838. The van der Waals surface area contributed by atoms with Crippen LogP contribution in [-0.4, -0.2) is 13.1 Å². The second kappa shape index (κ2) is 4.72. The minimum atomic E-state index is -0.306. The van der Waals surface area contributed by atoms with Gasteiger partial charge in [-0.05, 0) is 12.5 Å². The molecule has 1 rings (SSSR count). The van der Waals surface area contributed by atoms with Crippen molar-refractivity contribution in [2.24, 2.45) is 0 Å². The number of aromatic nitrogens is 1. The lowest BCUT2D eigenvalue weighted by atomic mass is 10.2. The number of esters is 1. The van der Waals surface area contributed by atoms with E-state index in [1.807, 2.05) is 13.0 Å². The lowest BCUT2D eigenvalue weighted by Gasteiger charge is -1.97. The van der Waals surface area contributed by atoms with Crippen LogP contribution in [-0.2, 0) is 4.74 Å². The summed E-state index contributed by atoms with van der Waals surface area (Å²) < 4.78 is 4.56. The van der Waals surface area contributed by atoms with Gasteiger partial charge in [0.2, 0.25) is 0 Å². The first kappa shape index (κ1) is 10.9. The van der Waals surface area contributed by atoms with Gasteiger partial charge >= 0.3 is 5.97 Å². The van der Waals surface area contributed by atoms with Gasteiger partial charge in [0.1, 0.15) is 5.56 Å². The number of aromatic amines is 1. The van der Waals surface area contributed by atoms with E-state index in [0.717, 1.165) is 5.56 Å². The topological polar surface area (TPSA) is 40.4 Å². The summed E-state index contributed by atoms with van der Waals surface area (Å²) in [6.07, 6.45) is 3.39. The van der Waals surface area contributed by atoms with Gasteiger partial charge in [-0.15, -0.1) is 0 Å². The zero-order chi connectivity index (χ0) is 8.27. The summed E-state index contributed by atoms with van der Waals surface area (Å²) in [5, 5.41) is 0. The van der Waals surface area contributed by atoms with Gasteiger partial charge in [-0.1, -0.05) is 0 Å². The van der Waals surface area contributed by atoms with Crippen molar-refractivity contribution in [3.63, 3.8) is 0 Å². The summed E-state index contributed by atoms with van der Waals surface area (Å²) in [6, 6.07) is 1.83. The van der Waals surface area contributed by atoms with E-state index in [0.29, 0.717) is 5.56 Å². The third-order valence-electron chi connectivity index (χ3n) is 1.49. The fraction of sp³-hybridized carbons (Fsp3) is 0.250. The van der Waals surface area contributed by atoms with E-state index < -0.39 is 0 Å². The average molecular weight is 188 g/mol. The molecule has 1 aromatic rings. The van der Waals surface area contributed by atoms with Crippen LogP contribution in [0, 0.1) is 6.92 Å². The average Bonchev–Trinajstić information content (AvgIpc) is 2.04. The smallest absolute Gasteiger partial charge is 0.344 e. The van der Waals surface area contributed by atoms with Crippen molar-refractivity contribution in [3.8, 4) is 0 Å². The molecule has 12 heavy (non-hydrogen) atoms. The molecule has 1 heterocycles. The zero-order valence-corrected chi connectivity index (χ0v) is 7.68. The first-order chi connectivity index (χ1) is 5.25. The van der Waals surface area contributed by atoms with Crippen molar-refractivity contribution in [1.29, 1.82) is 0 Å². The molecule has 0 atom stereocenters. The second-order valence-electron chi connectivity index (χ2n) is 2.23. The molecule has 0 radical (unpaired) electrons. The third kappa shape index (κ3) is 2.20. The largest absolute Gasteiger partial charge is 1.00 e. The van der Waals surface area contributed by atoms with Gasteiger partial charge in [0.15, 0.2) is 12.4 Å². The maximum Gasteiger partial charge on any atom is 0.344 e. The molecule has 1 N–H and O–H groups in total. The Morgan fingerprint density at radius 1 is 1.58 bits per heavy atom. The Morgan fingerprint density at radius 3 is 2.75 bits per heavy atom. The number of halogens is 1. The first-order valence-corrected chi connectivity index (χ1v) is 3.30. The molecule has 3 nitrogen and oxygen atoms in total. The number of nitrogens with one attached hydrogen (secondary N) is 1. The number of H-pyrrole nitrogens is 1. The Bertz CT molecular complexity index is 276. The van der Waals surface area contributed by atoms with Gasteiger partial charge in [-0.25, -0.2) is 9.78 Å². The summed E-state index contributed by atoms with van der Waals surface area (Å²) in [4.78, 5) is 13.8. The van der Waals surface area contributed by atoms with E-state index in [9.17, 15) is 4.79 Å². The van der Waals surface area contributed by atoms with Crippen LogP contribution < -0.4 is 17.4 Å². The predicted molar refractivity (Wildman–Crippen MR) is 39.1 cm³/mol. The molecule has 0 aliphatic heterocycles. The number of carbonyl (C=O) groups excluding carboxylic acids is 1. The minimum Gasteiger partial charge on any atom is -1.00 e. The molecule has 1 aromatic heterocycles. The molecule has 4 heteroatoms. The number of aryl methyl sites for hydroxylation is 1. The van der Waals surface area contributed by atoms with E-state index >= 15 is 0 Å². The van der Waals surface area contributed by atoms with Crippen LogP contribution in [0.15, 0.2) is 18.5 Å². The predicted octanol–water partition coefficient (Wildman–Crippen LogP) is -2.40. The molecule has 0 saturated heterocycles. The van der Waals surface area contributed by atoms with E-state index in [4.69, 9.17) is 0 Å². The molecule has 0 fully saturated rings. The van der Waals surface area contributed by atoms with Gasteiger partial charge in [-0.2, -0.15) is 0 Å². The van der Waals surface area contributed by atoms with Crippen LogP contribution in [0.2, 0.25) is 0 Å². The molecule has 0 aromatic carbocycles. The number of ether oxygens (including phenoxy) is 1. The number of rotatable bonds is 1.